The second kappa shape index (κ2) is 9.58. The Kier molecular flexibility index (Phi) is 7.08. The van der Waals surface area contributed by atoms with Gasteiger partial charge in [-0.3, -0.25) is 4.90 Å². The first-order valence-corrected chi connectivity index (χ1v) is 11.3. The number of rotatable bonds is 6. The van der Waals surface area contributed by atoms with E-state index < -0.39 is 12.0 Å². The van der Waals surface area contributed by atoms with Gasteiger partial charge in [0.15, 0.2) is 0 Å². The zero-order valence-corrected chi connectivity index (χ0v) is 19.1. The predicted octanol–water partition coefficient (Wildman–Crippen LogP) is 3.42. The Morgan fingerprint density at radius 2 is 2.23 bits per heavy atom. The third kappa shape index (κ3) is 5.68. The van der Waals surface area contributed by atoms with Crippen molar-refractivity contribution in [3.8, 4) is 6.07 Å². The minimum absolute atomic E-state index is 0.0118. The number of thiazole rings is 1. The van der Waals surface area contributed by atoms with E-state index in [-0.39, 0.29) is 17.7 Å². The SMILES string of the molecule is CCc1csc(C(C#N)c2ccnc(NC3CCN(C(C)(C)C)C(NC(=O)O)C3)n2)n1. The van der Waals surface area contributed by atoms with Gasteiger partial charge >= 0.3 is 6.09 Å². The van der Waals surface area contributed by atoms with Crippen molar-refractivity contribution in [2.24, 2.45) is 0 Å². The maximum Gasteiger partial charge on any atom is 0.405 e. The fourth-order valence-corrected chi connectivity index (χ4v) is 4.79. The largest absolute Gasteiger partial charge is 0.465 e. The molecule has 3 atom stereocenters. The molecule has 2 aromatic heterocycles. The normalized spacial score (nSPS) is 20.6. The molecular weight excluding hydrogens is 414 g/mol. The van der Waals surface area contributed by atoms with Crippen LogP contribution in [0.15, 0.2) is 17.6 Å². The molecule has 3 heterocycles. The summed E-state index contributed by atoms with van der Waals surface area (Å²) in [4.78, 5) is 26.9. The number of likely N-dealkylation sites (tertiary alicyclic amines) is 1. The third-order valence-corrected chi connectivity index (χ3v) is 6.33. The fourth-order valence-electron chi connectivity index (χ4n) is 3.83. The molecule has 31 heavy (non-hydrogen) atoms. The van der Waals surface area contributed by atoms with Crippen LogP contribution in [0.4, 0.5) is 10.7 Å². The van der Waals surface area contributed by atoms with Crippen molar-refractivity contribution in [2.75, 3.05) is 11.9 Å². The van der Waals surface area contributed by atoms with E-state index in [1.165, 1.54) is 11.3 Å². The first-order chi connectivity index (χ1) is 14.7. The third-order valence-electron chi connectivity index (χ3n) is 5.37. The van der Waals surface area contributed by atoms with Crippen molar-refractivity contribution in [1.29, 1.82) is 5.26 Å². The summed E-state index contributed by atoms with van der Waals surface area (Å²) in [5.74, 6) is -0.105. The molecule has 1 saturated heterocycles. The van der Waals surface area contributed by atoms with Crippen LogP contribution >= 0.6 is 11.3 Å². The minimum atomic E-state index is -1.04. The van der Waals surface area contributed by atoms with Crippen molar-refractivity contribution in [3.05, 3.63) is 34.0 Å². The molecule has 3 unspecified atom stereocenters. The Morgan fingerprint density at radius 1 is 1.45 bits per heavy atom. The monoisotopic (exact) mass is 443 g/mol. The standard InChI is InChI=1S/C21H29N7O2S/c1-5-13-12-31-18(24-13)15(11-22)16-6-8-23-19(26-16)25-14-7-9-28(21(2,3)4)17(10-14)27-20(29)30/h6,8,12,14-15,17,27H,5,7,9-10H2,1-4H3,(H,29,30)(H,23,25,26). The predicted molar refractivity (Wildman–Crippen MR) is 119 cm³/mol. The van der Waals surface area contributed by atoms with Crippen LogP contribution in [0.5, 0.6) is 0 Å². The molecule has 1 aliphatic heterocycles. The Hall–Kier alpha value is -2.77. The number of hydrogen-bond acceptors (Lipinski definition) is 8. The molecule has 0 bridgehead atoms. The molecule has 1 fully saturated rings. The molecule has 0 saturated carbocycles. The van der Waals surface area contributed by atoms with Crippen molar-refractivity contribution < 1.29 is 9.90 Å². The molecule has 2 aromatic rings. The molecule has 0 radical (unpaired) electrons. The summed E-state index contributed by atoms with van der Waals surface area (Å²) in [5, 5.41) is 27.6. The van der Waals surface area contributed by atoms with Crippen LogP contribution in [0.3, 0.4) is 0 Å². The number of nitriles is 1. The zero-order chi connectivity index (χ0) is 22.6. The van der Waals surface area contributed by atoms with Gasteiger partial charge in [0.05, 0.1) is 23.6 Å². The molecule has 0 spiro atoms. The summed E-state index contributed by atoms with van der Waals surface area (Å²) >= 11 is 1.47. The maximum atomic E-state index is 11.3. The van der Waals surface area contributed by atoms with E-state index in [0.717, 1.165) is 30.1 Å². The van der Waals surface area contributed by atoms with Gasteiger partial charge in [-0.25, -0.2) is 19.7 Å². The van der Waals surface area contributed by atoms with Crippen LogP contribution in [-0.2, 0) is 6.42 Å². The van der Waals surface area contributed by atoms with Crippen molar-refractivity contribution in [3.63, 3.8) is 0 Å². The smallest absolute Gasteiger partial charge is 0.405 e. The number of piperidine rings is 1. The highest BCUT2D eigenvalue weighted by Crippen LogP contribution is 2.28. The summed E-state index contributed by atoms with van der Waals surface area (Å²) < 4.78 is 0. The lowest BCUT2D eigenvalue weighted by Gasteiger charge is -2.46. The van der Waals surface area contributed by atoms with Gasteiger partial charge in [-0.15, -0.1) is 11.3 Å². The number of nitrogens with zero attached hydrogens (tertiary/aromatic N) is 5. The Morgan fingerprint density at radius 3 is 2.84 bits per heavy atom. The Bertz CT molecular complexity index is 950. The van der Waals surface area contributed by atoms with Crippen molar-refractivity contribution in [1.82, 2.24) is 25.2 Å². The van der Waals surface area contributed by atoms with Gasteiger partial charge in [-0.2, -0.15) is 5.26 Å². The summed E-state index contributed by atoms with van der Waals surface area (Å²) in [6.45, 7) is 9.01. The maximum absolute atomic E-state index is 11.3. The topological polar surface area (TPSA) is 127 Å². The molecule has 10 heteroatoms. The van der Waals surface area contributed by atoms with Crippen LogP contribution in [0.2, 0.25) is 0 Å². The molecule has 1 amide bonds. The molecule has 0 aliphatic carbocycles. The average Bonchev–Trinajstić information content (AvgIpc) is 3.16. The second-order valence-electron chi connectivity index (χ2n) is 8.59. The van der Waals surface area contributed by atoms with Gasteiger partial charge in [0.2, 0.25) is 5.95 Å². The van der Waals surface area contributed by atoms with Crippen LogP contribution in [0.25, 0.3) is 0 Å². The van der Waals surface area contributed by atoms with Crippen LogP contribution < -0.4 is 10.6 Å². The number of aromatic nitrogens is 3. The minimum Gasteiger partial charge on any atom is -0.465 e. The molecule has 3 N–H and O–H groups in total. The van der Waals surface area contributed by atoms with Gasteiger partial charge < -0.3 is 15.7 Å². The molecule has 1 aliphatic rings. The molecule has 3 rings (SSSR count). The van der Waals surface area contributed by atoms with E-state index in [1.807, 2.05) is 12.3 Å². The molecule has 9 nitrogen and oxygen atoms in total. The molecular formula is C21H29N7O2S. The number of carbonyl (C=O) groups is 1. The highest BCUT2D eigenvalue weighted by atomic mass is 32.1. The lowest BCUT2D eigenvalue weighted by Crippen LogP contribution is -2.60. The van der Waals surface area contributed by atoms with Crippen molar-refractivity contribution >= 4 is 23.4 Å². The van der Waals surface area contributed by atoms with E-state index in [2.05, 4.69) is 57.3 Å². The van der Waals surface area contributed by atoms with E-state index in [4.69, 9.17) is 0 Å². The average molecular weight is 444 g/mol. The zero-order valence-electron chi connectivity index (χ0n) is 18.3. The Balaban J connectivity index is 1.74. The quantitative estimate of drug-likeness (QED) is 0.620. The van der Waals surface area contributed by atoms with Gasteiger partial charge in [0.25, 0.3) is 0 Å². The number of aryl methyl sites for hydroxylation is 1. The molecule has 166 valence electrons. The van der Waals surface area contributed by atoms with Crippen LogP contribution in [0.1, 0.15) is 62.8 Å². The highest BCUT2D eigenvalue weighted by molar-refractivity contribution is 7.09. The summed E-state index contributed by atoms with van der Waals surface area (Å²) in [6.07, 6.45) is 2.54. The fraction of sp³-hybridized carbons (Fsp3) is 0.571. The second-order valence-corrected chi connectivity index (χ2v) is 9.48. The number of nitrogens with one attached hydrogen (secondary N) is 2. The molecule has 0 aromatic carbocycles. The van der Waals surface area contributed by atoms with Gasteiger partial charge in [-0.1, -0.05) is 6.92 Å². The summed E-state index contributed by atoms with van der Waals surface area (Å²) in [6, 6.07) is 4.05. The van der Waals surface area contributed by atoms with E-state index in [9.17, 15) is 15.2 Å². The van der Waals surface area contributed by atoms with Gasteiger partial charge in [0, 0.05) is 36.1 Å². The van der Waals surface area contributed by atoms with Crippen LogP contribution in [0, 0.1) is 11.3 Å². The first kappa shape index (κ1) is 22.9. The first-order valence-electron chi connectivity index (χ1n) is 10.4. The number of anilines is 1. The van der Waals surface area contributed by atoms with Gasteiger partial charge in [-0.05, 0) is 39.7 Å². The van der Waals surface area contributed by atoms with Crippen molar-refractivity contribution in [2.45, 2.75) is 70.6 Å². The lowest BCUT2D eigenvalue weighted by atomic mass is 9.95. The number of hydrogen-bond donors (Lipinski definition) is 3. The number of amides is 1. The summed E-state index contributed by atoms with van der Waals surface area (Å²) in [7, 11) is 0. The van der Waals surface area contributed by atoms with E-state index in [1.54, 1.807) is 12.3 Å². The van der Waals surface area contributed by atoms with E-state index in [0.29, 0.717) is 18.1 Å². The van der Waals surface area contributed by atoms with Crippen LogP contribution in [-0.4, -0.2) is 55.3 Å². The van der Waals surface area contributed by atoms with E-state index >= 15 is 0 Å². The Labute approximate surface area is 186 Å². The number of carboxylic acid groups (broad SMARTS) is 1. The highest BCUT2D eigenvalue weighted by Gasteiger charge is 2.36. The van der Waals surface area contributed by atoms with Gasteiger partial charge in [0.1, 0.15) is 10.9 Å². The summed E-state index contributed by atoms with van der Waals surface area (Å²) in [5.41, 5.74) is 1.42. The lowest BCUT2D eigenvalue weighted by molar-refractivity contribution is 0.0308.